The molecule has 0 radical (unpaired) electrons. The summed E-state index contributed by atoms with van der Waals surface area (Å²) in [5.74, 6) is 0.349. The minimum atomic E-state index is -0.143. The molecule has 2 heterocycles. The van der Waals surface area contributed by atoms with Crippen molar-refractivity contribution in [2.45, 2.75) is 25.8 Å². The smallest absolute Gasteiger partial charge is 0.280 e. The van der Waals surface area contributed by atoms with E-state index in [1.165, 1.54) is 19.1 Å². The van der Waals surface area contributed by atoms with Gasteiger partial charge in [0.05, 0.1) is 11.4 Å². The number of nitrogens with zero attached hydrogens (tertiary/aromatic N) is 3. The van der Waals surface area contributed by atoms with Crippen molar-refractivity contribution in [3.8, 4) is 0 Å². The average Bonchev–Trinajstić information content (AvgIpc) is 3.26. The molecule has 4 rings (SSSR count). The third-order valence-corrected chi connectivity index (χ3v) is 4.41. The van der Waals surface area contributed by atoms with Crippen LogP contribution in [0.15, 0.2) is 28.9 Å². The van der Waals surface area contributed by atoms with E-state index < -0.39 is 0 Å². The fourth-order valence-electron chi connectivity index (χ4n) is 2.98. The first-order valence-corrected chi connectivity index (χ1v) is 7.81. The van der Waals surface area contributed by atoms with Crippen LogP contribution in [0.2, 0.25) is 5.02 Å². The molecular weight excluding hydrogens is 302 g/mol. The molecule has 22 heavy (non-hydrogen) atoms. The van der Waals surface area contributed by atoms with Gasteiger partial charge in [-0.2, -0.15) is 0 Å². The number of hydrogen-bond acceptors (Lipinski definition) is 4. The van der Waals surface area contributed by atoms with Crippen LogP contribution in [-0.2, 0) is 0 Å². The maximum atomic E-state index is 12.7. The summed E-state index contributed by atoms with van der Waals surface area (Å²) in [6, 6.07) is 6.34. The Kier molecular flexibility index (Phi) is 3.11. The molecule has 1 aromatic carbocycles. The van der Waals surface area contributed by atoms with Crippen LogP contribution in [0, 0.1) is 6.92 Å². The largest absolute Gasteiger partial charge is 0.448 e. The van der Waals surface area contributed by atoms with Gasteiger partial charge in [0.2, 0.25) is 0 Å². The zero-order valence-corrected chi connectivity index (χ0v) is 13.0. The number of aromatic nitrogens is 1. The van der Waals surface area contributed by atoms with Gasteiger partial charge in [0.1, 0.15) is 6.26 Å². The van der Waals surface area contributed by atoms with Crippen molar-refractivity contribution in [1.82, 2.24) is 4.98 Å². The highest BCUT2D eigenvalue weighted by Gasteiger charge is 2.36. The molecule has 0 spiro atoms. The molecule has 0 unspecified atom stereocenters. The number of hydrogen-bond donors (Lipinski definition) is 0. The van der Waals surface area contributed by atoms with Gasteiger partial charge in [-0.05, 0) is 31.0 Å². The Morgan fingerprint density at radius 3 is 2.82 bits per heavy atom. The highest BCUT2D eigenvalue weighted by molar-refractivity contribution is 6.31. The Balaban J connectivity index is 1.73. The summed E-state index contributed by atoms with van der Waals surface area (Å²) in [5.41, 5.74) is 2.27. The molecule has 6 heteroatoms. The van der Waals surface area contributed by atoms with E-state index in [-0.39, 0.29) is 5.91 Å². The van der Waals surface area contributed by atoms with Crippen LogP contribution >= 0.6 is 11.6 Å². The number of carbonyl (C=O) groups excluding carboxylic acids is 1. The number of halogens is 1. The van der Waals surface area contributed by atoms with Gasteiger partial charge in [-0.3, -0.25) is 4.79 Å². The number of carbonyl (C=O) groups is 1. The van der Waals surface area contributed by atoms with Crippen LogP contribution in [-0.4, -0.2) is 30.0 Å². The van der Waals surface area contributed by atoms with Crippen molar-refractivity contribution in [2.75, 3.05) is 22.9 Å². The molecule has 1 amide bonds. The number of aryl methyl sites for hydroxylation is 1. The molecule has 5 nitrogen and oxygen atoms in total. The molecular formula is C16H16ClN3O2. The number of oxazole rings is 1. The van der Waals surface area contributed by atoms with Crippen molar-refractivity contribution < 1.29 is 9.21 Å². The molecule has 1 fully saturated rings. The number of benzene rings is 1. The van der Waals surface area contributed by atoms with Gasteiger partial charge in [-0.25, -0.2) is 4.98 Å². The SMILES string of the molecule is Cc1nc(C(=O)N2CCN(C3CC3)c3ccc(Cl)cc32)co1. The van der Waals surface area contributed by atoms with Crippen LogP contribution in [0.5, 0.6) is 0 Å². The first-order chi connectivity index (χ1) is 10.6. The van der Waals surface area contributed by atoms with Crippen LogP contribution < -0.4 is 9.80 Å². The lowest BCUT2D eigenvalue weighted by molar-refractivity contribution is 0.0981. The zero-order chi connectivity index (χ0) is 15.3. The van der Waals surface area contributed by atoms with Gasteiger partial charge in [-0.15, -0.1) is 0 Å². The minimum absolute atomic E-state index is 0.143. The first kappa shape index (κ1) is 13.6. The van der Waals surface area contributed by atoms with Crippen molar-refractivity contribution in [1.29, 1.82) is 0 Å². The Hall–Kier alpha value is -2.01. The van der Waals surface area contributed by atoms with E-state index in [9.17, 15) is 4.79 Å². The summed E-state index contributed by atoms with van der Waals surface area (Å²) < 4.78 is 5.16. The summed E-state index contributed by atoms with van der Waals surface area (Å²) in [5, 5.41) is 0.630. The topological polar surface area (TPSA) is 49.6 Å². The van der Waals surface area contributed by atoms with Crippen molar-refractivity contribution >= 4 is 28.9 Å². The summed E-state index contributed by atoms with van der Waals surface area (Å²) >= 11 is 6.15. The van der Waals surface area contributed by atoms with Gasteiger partial charge in [0.25, 0.3) is 5.91 Å². The lowest BCUT2D eigenvalue weighted by atomic mass is 10.1. The number of rotatable bonds is 2. The van der Waals surface area contributed by atoms with Crippen LogP contribution in [0.3, 0.4) is 0 Å². The van der Waals surface area contributed by atoms with Crippen molar-refractivity contribution in [3.05, 3.63) is 41.1 Å². The van der Waals surface area contributed by atoms with Crippen LogP contribution in [0.1, 0.15) is 29.2 Å². The summed E-state index contributed by atoms with van der Waals surface area (Å²) in [7, 11) is 0. The predicted octanol–water partition coefficient (Wildman–Crippen LogP) is 3.27. The molecule has 2 aromatic rings. The fourth-order valence-corrected chi connectivity index (χ4v) is 3.15. The molecule has 1 aliphatic heterocycles. The highest BCUT2D eigenvalue weighted by Crippen LogP contribution is 2.41. The van der Waals surface area contributed by atoms with E-state index in [0.717, 1.165) is 17.9 Å². The molecule has 1 saturated carbocycles. The van der Waals surface area contributed by atoms with Crippen LogP contribution in [0.25, 0.3) is 0 Å². The molecule has 0 saturated heterocycles. The fraction of sp³-hybridized carbons (Fsp3) is 0.375. The van der Waals surface area contributed by atoms with E-state index in [2.05, 4.69) is 9.88 Å². The van der Waals surface area contributed by atoms with Gasteiger partial charge in [-0.1, -0.05) is 11.6 Å². The third kappa shape index (κ3) is 2.25. The second kappa shape index (κ2) is 5.02. The summed E-state index contributed by atoms with van der Waals surface area (Å²) in [4.78, 5) is 21.0. The van der Waals surface area contributed by atoms with Crippen molar-refractivity contribution in [3.63, 3.8) is 0 Å². The standard InChI is InChI=1S/C16H16ClN3O2/c1-10-18-13(9-22-10)16(21)20-7-6-19(12-3-4-12)14-5-2-11(17)8-15(14)20/h2,5,8-9,12H,3-4,6-7H2,1H3. The van der Waals surface area contributed by atoms with E-state index >= 15 is 0 Å². The monoisotopic (exact) mass is 317 g/mol. The maximum absolute atomic E-state index is 12.7. The molecule has 2 aliphatic rings. The van der Waals surface area contributed by atoms with E-state index in [4.69, 9.17) is 16.0 Å². The Morgan fingerprint density at radius 2 is 2.14 bits per heavy atom. The van der Waals surface area contributed by atoms with E-state index in [1.807, 2.05) is 18.2 Å². The number of fused-ring (bicyclic) bond motifs is 1. The maximum Gasteiger partial charge on any atom is 0.280 e. The normalized spacial score (nSPS) is 17.5. The molecule has 114 valence electrons. The second-order valence-electron chi connectivity index (χ2n) is 5.77. The zero-order valence-electron chi connectivity index (χ0n) is 12.3. The first-order valence-electron chi connectivity index (χ1n) is 7.43. The Morgan fingerprint density at radius 1 is 1.32 bits per heavy atom. The molecule has 0 atom stereocenters. The Bertz CT molecular complexity index is 739. The van der Waals surface area contributed by atoms with Gasteiger partial charge in [0, 0.05) is 31.1 Å². The average molecular weight is 318 g/mol. The lowest BCUT2D eigenvalue weighted by Crippen LogP contribution is -2.45. The predicted molar refractivity (Wildman–Crippen MR) is 84.7 cm³/mol. The van der Waals surface area contributed by atoms with Gasteiger partial charge in [0.15, 0.2) is 11.6 Å². The third-order valence-electron chi connectivity index (χ3n) is 4.17. The van der Waals surface area contributed by atoms with Crippen LogP contribution in [0.4, 0.5) is 11.4 Å². The second-order valence-corrected chi connectivity index (χ2v) is 6.20. The highest BCUT2D eigenvalue weighted by atomic mass is 35.5. The van der Waals surface area contributed by atoms with Crippen molar-refractivity contribution in [2.24, 2.45) is 0 Å². The quantitative estimate of drug-likeness (QED) is 0.853. The van der Waals surface area contributed by atoms with E-state index in [0.29, 0.717) is 29.2 Å². The number of amides is 1. The molecule has 1 aromatic heterocycles. The van der Waals surface area contributed by atoms with Gasteiger partial charge >= 0.3 is 0 Å². The number of anilines is 2. The van der Waals surface area contributed by atoms with Gasteiger partial charge < -0.3 is 14.2 Å². The molecule has 0 bridgehead atoms. The Labute approximate surface area is 133 Å². The molecule has 1 aliphatic carbocycles. The van der Waals surface area contributed by atoms with E-state index in [1.54, 1.807) is 11.8 Å². The molecule has 0 N–H and O–H groups in total. The summed E-state index contributed by atoms with van der Waals surface area (Å²) in [6.07, 6.45) is 3.85. The lowest BCUT2D eigenvalue weighted by Gasteiger charge is -2.37. The minimum Gasteiger partial charge on any atom is -0.448 e. The summed E-state index contributed by atoms with van der Waals surface area (Å²) in [6.45, 7) is 3.20.